The number of aromatic nitrogens is 2. The van der Waals surface area contributed by atoms with Gasteiger partial charge >= 0.3 is 0 Å². The first-order valence-electron chi connectivity index (χ1n) is 10.4. The Morgan fingerprint density at radius 1 is 1.20 bits per heavy atom. The molecule has 1 aromatic heterocycles. The van der Waals surface area contributed by atoms with Crippen LogP contribution in [0.1, 0.15) is 35.2 Å². The Morgan fingerprint density at radius 2 is 2.03 bits per heavy atom. The zero-order valence-electron chi connectivity index (χ0n) is 16.6. The largest absolute Gasteiger partial charge is 0.396 e. The topological polar surface area (TPSA) is 69.2 Å². The third-order valence-corrected chi connectivity index (χ3v) is 6.78. The van der Waals surface area contributed by atoms with Crippen LogP contribution < -0.4 is 0 Å². The molecule has 2 aliphatic heterocycles. The number of hydrogen-bond acceptors (Lipinski definition) is 3. The number of hydrogen-bond donors (Lipinski definition) is 2. The minimum Gasteiger partial charge on any atom is -0.396 e. The number of nitrogens with one attached hydrogen (secondary N) is 1. The summed E-state index contributed by atoms with van der Waals surface area (Å²) in [5.41, 5.74) is 2.42. The lowest BCUT2D eigenvalue weighted by molar-refractivity contribution is 0.0572. The Labute approximate surface area is 174 Å². The maximum absolute atomic E-state index is 13.7. The summed E-state index contributed by atoms with van der Waals surface area (Å²) < 4.78 is 13.7. The van der Waals surface area contributed by atoms with Gasteiger partial charge in [-0.2, -0.15) is 5.10 Å². The van der Waals surface area contributed by atoms with Gasteiger partial charge in [0.25, 0.3) is 5.91 Å². The quantitative estimate of drug-likeness (QED) is 0.678. The lowest BCUT2D eigenvalue weighted by atomic mass is 9.70. The number of benzene rings is 2. The first kappa shape index (κ1) is 19.0. The molecular weight excluding hydrogens is 381 g/mol. The zero-order valence-corrected chi connectivity index (χ0v) is 16.6. The van der Waals surface area contributed by atoms with Gasteiger partial charge in [-0.15, -0.1) is 0 Å². The van der Waals surface area contributed by atoms with Crippen LogP contribution >= 0.6 is 0 Å². The fourth-order valence-electron chi connectivity index (χ4n) is 5.47. The van der Waals surface area contributed by atoms with Crippen LogP contribution in [-0.4, -0.2) is 44.8 Å². The summed E-state index contributed by atoms with van der Waals surface area (Å²) in [7, 11) is 0. The second-order valence-electron chi connectivity index (χ2n) is 8.52. The number of nitrogens with zero attached hydrogens (tertiary/aromatic N) is 2. The monoisotopic (exact) mass is 405 g/mol. The van der Waals surface area contributed by atoms with Gasteiger partial charge in [0.15, 0.2) is 0 Å². The first-order chi connectivity index (χ1) is 14.6. The molecule has 2 saturated heterocycles. The molecule has 3 aromatic rings. The summed E-state index contributed by atoms with van der Waals surface area (Å²) in [5, 5.41) is 17.3. The van der Waals surface area contributed by atoms with Crippen molar-refractivity contribution in [3.05, 3.63) is 77.7 Å². The Kier molecular flexibility index (Phi) is 4.66. The van der Waals surface area contributed by atoms with Crippen LogP contribution in [0.2, 0.25) is 0 Å². The molecule has 0 aliphatic carbocycles. The molecule has 30 heavy (non-hydrogen) atoms. The number of halogens is 1. The van der Waals surface area contributed by atoms with Gasteiger partial charge in [0, 0.05) is 23.1 Å². The Hall–Kier alpha value is -2.99. The van der Waals surface area contributed by atoms with Gasteiger partial charge in [0.1, 0.15) is 5.82 Å². The number of H-pyrrole nitrogens is 1. The summed E-state index contributed by atoms with van der Waals surface area (Å²) in [5.74, 6) is -0.456. The van der Waals surface area contributed by atoms with Crippen molar-refractivity contribution in [2.45, 2.75) is 37.8 Å². The fraction of sp³-hybridized carbons (Fsp3) is 0.333. The van der Waals surface area contributed by atoms with Crippen molar-refractivity contribution in [2.24, 2.45) is 5.41 Å². The highest BCUT2D eigenvalue weighted by Gasteiger charge is 2.57. The molecule has 3 atom stereocenters. The standard InChI is InChI=1S/C24H24FN3O2/c25-18-8-4-7-17(11-18)22-20(14-26-27-22)23(30)28-19-9-10-21(28)24(13-19,15-29)12-16-5-2-1-3-6-16/h1-8,11,14,19,21,29H,9-10,12-13,15H2,(H,26,27)/t19-,21+,24-/m1/s1. The van der Waals surface area contributed by atoms with E-state index < -0.39 is 0 Å². The summed E-state index contributed by atoms with van der Waals surface area (Å²) in [4.78, 5) is 15.5. The van der Waals surface area contributed by atoms with E-state index in [0.29, 0.717) is 16.8 Å². The maximum Gasteiger partial charge on any atom is 0.258 e. The van der Waals surface area contributed by atoms with Crippen molar-refractivity contribution in [1.29, 1.82) is 0 Å². The van der Waals surface area contributed by atoms with Gasteiger partial charge in [-0.1, -0.05) is 42.5 Å². The van der Waals surface area contributed by atoms with Gasteiger partial charge in [-0.25, -0.2) is 4.39 Å². The third kappa shape index (κ3) is 3.03. The molecule has 5 rings (SSSR count). The van der Waals surface area contributed by atoms with Crippen LogP contribution in [0.25, 0.3) is 11.3 Å². The molecule has 6 heteroatoms. The van der Waals surface area contributed by atoms with E-state index >= 15 is 0 Å². The van der Waals surface area contributed by atoms with Crippen molar-refractivity contribution in [3.8, 4) is 11.3 Å². The average molecular weight is 405 g/mol. The molecule has 2 bridgehead atoms. The number of rotatable bonds is 5. The Morgan fingerprint density at radius 3 is 2.80 bits per heavy atom. The molecule has 5 nitrogen and oxygen atoms in total. The van der Waals surface area contributed by atoms with E-state index in [-0.39, 0.29) is 35.8 Å². The molecule has 0 radical (unpaired) electrons. The SMILES string of the molecule is O=C(c1cn[nH]c1-c1cccc(F)c1)N1[C@@H]2CC[C@H]1[C@](CO)(Cc1ccccc1)C2. The van der Waals surface area contributed by atoms with Crippen molar-refractivity contribution in [3.63, 3.8) is 0 Å². The van der Waals surface area contributed by atoms with E-state index in [4.69, 9.17) is 0 Å². The maximum atomic E-state index is 13.7. The average Bonchev–Trinajstić information content (AvgIpc) is 3.48. The van der Waals surface area contributed by atoms with Crippen LogP contribution in [-0.2, 0) is 6.42 Å². The molecule has 2 aliphatic rings. The smallest absolute Gasteiger partial charge is 0.258 e. The number of carbonyl (C=O) groups is 1. The van der Waals surface area contributed by atoms with Crippen molar-refractivity contribution >= 4 is 5.91 Å². The van der Waals surface area contributed by atoms with E-state index in [9.17, 15) is 14.3 Å². The molecule has 154 valence electrons. The molecule has 0 saturated carbocycles. The summed E-state index contributed by atoms with van der Waals surface area (Å²) >= 11 is 0. The zero-order chi connectivity index (χ0) is 20.7. The van der Waals surface area contributed by atoms with Gasteiger partial charge in [0.2, 0.25) is 0 Å². The highest BCUT2D eigenvalue weighted by molar-refractivity contribution is 6.00. The molecular formula is C24H24FN3O2. The number of amides is 1. The van der Waals surface area contributed by atoms with Gasteiger partial charge in [-0.05, 0) is 43.4 Å². The summed E-state index contributed by atoms with van der Waals surface area (Å²) in [6.07, 6.45) is 4.90. The molecule has 2 fully saturated rings. The molecule has 0 spiro atoms. The minimum absolute atomic E-state index is 0.0181. The van der Waals surface area contributed by atoms with Crippen LogP contribution in [0.5, 0.6) is 0 Å². The van der Waals surface area contributed by atoms with Gasteiger partial charge in [0.05, 0.1) is 24.1 Å². The molecule has 2 aromatic carbocycles. The van der Waals surface area contributed by atoms with Crippen molar-refractivity contribution in [1.82, 2.24) is 15.1 Å². The van der Waals surface area contributed by atoms with E-state index in [1.807, 2.05) is 23.1 Å². The Balaban J connectivity index is 1.46. The predicted octanol–water partition coefficient (Wildman–Crippen LogP) is 3.81. The van der Waals surface area contributed by atoms with Crippen LogP contribution in [0.15, 0.2) is 60.8 Å². The highest BCUT2D eigenvalue weighted by Crippen LogP contribution is 2.52. The van der Waals surface area contributed by atoms with Crippen molar-refractivity contribution in [2.75, 3.05) is 6.61 Å². The van der Waals surface area contributed by atoms with Crippen LogP contribution in [0.4, 0.5) is 4.39 Å². The second-order valence-corrected chi connectivity index (χ2v) is 8.52. The van der Waals surface area contributed by atoms with E-state index in [2.05, 4.69) is 22.3 Å². The Bertz CT molecular complexity index is 1070. The molecule has 0 unspecified atom stereocenters. The number of aliphatic hydroxyl groups is 1. The van der Waals surface area contributed by atoms with Crippen LogP contribution in [0, 0.1) is 11.2 Å². The summed E-state index contributed by atoms with van der Waals surface area (Å²) in [6, 6.07) is 16.4. The van der Waals surface area contributed by atoms with Gasteiger partial charge in [-0.3, -0.25) is 9.89 Å². The third-order valence-electron chi connectivity index (χ3n) is 6.78. The van der Waals surface area contributed by atoms with Crippen molar-refractivity contribution < 1.29 is 14.3 Å². The van der Waals surface area contributed by atoms with Crippen LogP contribution in [0.3, 0.4) is 0 Å². The van der Waals surface area contributed by atoms with E-state index in [1.165, 1.54) is 23.9 Å². The number of carbonyl (C=O) groups excluding carboxylic acids is 1. The highest BCUT2D eigenvalue weighted by atomic mass is 19.1. The molecule has 3 heterocycles. The van der Waals surface area contributed by atoms with E-state index in [0.717, 1.165) is 25.7 Å². The minimum atomic E-state index is -0.358. The number of aliphatic hydroxyl groups excluding tert-OH is 1. The first-order valence-corrected chi connectivity index (χ1v) is 10.4. The van der Waals surface area contributed by atoms with E-state index in [1.54, 1.807) is 12.1 Å². The predicted molar refractivity (Wildman–Crippen MR) is 111 cm³/mol. The lowest BCUT2D eigenvalue weighted by Gasteiger charge is -2.36. The normalized spacial score (nSPS) is 25.1. The number of fused-ring (bicyclic) bond motifs is 2. The number of aromatic amines is 1. The second kappa shape index (κ2) is 7.36. The van der Waals surface area contributed by atoms with Gasteiger partial charge < -0.3 is 10.0 Å². The lowest BCUT2D eigenvalue weighted by Crippen LogP contribution is -2.44. The molecule has 2 N–H and O–H groups in total. The summed E-state index contributed by atoms with van der Waals surface area (Å²) in [6.45, 7) is 0.0506. The molecule has 1 amide bonds. The fourth-order valence-corrected chi connectivity index (χ4v) is 5.47.